The van der Waals surface area contributed by atoms with E-state index < -0.39 is 11.4 Å². The molecule has 2 amide bonds. The lowest BCUT2D eigenvalue weighted by Crippen LogP contribution is -2.36. The zero-order valence-electron chi connectivity index (χ0n) is 21.9. The van der Waals surface area contributed by atoms with Crippen LogP contribution in [0.2, 0.25) is 0 Å². The first-order chi connectivity index (χ1) is 18.2. The maximum absolute atomic E-state index is 13.6. The number of benzene rings is 2. The molecule has 9 nitrogen and oxygen atoms in total. The monoisotopic (exact) mass is 519 g/mol. The van der Waals surface area contributed by atoms with Crippen LogP contribution in [0.1, 0.15) is 60.2 Å². The second-order valence-electron chi connectivity index (χ2n) is 10.2. The average Bonchev–Trinajstić information content (AvgIpc) is 3.47. The number of aliphatic carboxylic acids is 1. The number of anilines is 1. The van der Waals surface area contributed by atoms with Crippen LogP contribution in [0.3, 0.4) is 0 Å². The Kier molecular flexibility index (Phi) is 8.02. The molecule has 3 N–H and O–H groups in total. The highest BCUT2D eigenvalue weighted by molar-refractivity contribution is 5.98. The van der Waals surface area contributed by atoms with Crippen LogP contribution < -0.4 is 15.4 Å². The lowest BCUT2D eigenvalue weighted by Gasteiger charge is -2.28. The summed E-state index contributed by atoms with van der Waals surface area (Å²) in [5.74, 6) is -0.896. The van der Waals surface area contributed by atoms with Gasteiger partial charge in [-0.2, -0.15) is 5.26 Å². The van der Waals surface area contributed by atoms with E-state index in [1.165, 1.54) is 0 Å². The van der Waals surface area contributed by atoms with Crippen LogP contribution in [0.4, 0.5) is 5.69 Å². The van der Waals surface area contributed by atoms with Gasteiger partial charge in [-0.05, 0) is 68.0 Å². The first-order valence-corrected chi connectivity index (χ1v) is 12.8. The van der Waals surface area contributed by atoms with E-state index in [-0.39, 0.29) is 36.1 Å². The van der Waals surface area contributed by atoms with E-state index in [1.807, 2.05) is 19.9 Å². The number of carboxylic acids is 1. The van der Waals surface area contributed by atoms with Gasteiger partial charge in [0.25, 0.3) is 5.91 Å². The molecule has 1 unspecified atom stereocenters. The Morgan fingerprint density at radius 2 is 2.05 bits per heavy atom. The van der Waals surface area contributed by atoms with Crippen LogP contribution in [-0.2, 0) is 26.2 Å². The van der Waals surface area contributed by atoms with Gasteiger partial charge in [-0.15, -0.1) is 0 Å². The molecule has 200 valence electrons. The van der Waals surface area contributed by atoms with Gasteiger partial charge in [0.1, 0.15) is 5.75 Å². The molecule has 0 radical (unpaired) electrons. The lowest BCUT2D eigenvalue weighted by molar-refractivity contribution is -0.137. The van der Waals surface area contributed by atoms with Gasteiger partial charge in [-0.3, -0.25) is 14.4 Å². The Morgan fingerprint density at radius 1 is 1.26 bits per heavy atom. The topological polar surface area (TPSA) is 138 Å². The first kappa shape index (κ1) is 27.1. The highest BCUT2D eigenvalue weighted by Gasteiger charge is 2.67. The Bertz CT molecular complexity index is 1290. The van der Waals surface area contributed by atoms with Crippen molar-refractivity contribution in [1.29, 1.82) is 5.26 Å². The number of carboxylic acid groups (broad SMARTS) is 1. The summed E-state index contributed by atoms with van der Waals surface area (Å²) in [5.41, 5.74) is 2.63. The SMILES string of the molecule is COC[C@H](C)NC(=O)c1ccc2c(c1)[C@@]1(CCO2)C(C(=O)Nc2cc(C#N)ccc2CCCC(=O)O)[C@@H]1C. The van der Waals surface area contributed by atoms with Gasteiger partial charge in [0, 0.05) is 41.8 Å². The lowest BCUT2D eigenvalue weighted by atomic mass is 9.85. The Morgan fingerprint density at radius 3 is 2.76 bits per heavy atom. The normalized spacial score (nSPS) is 21.9. The van der Waals surface area contributed by atoms with Gasteiger partial charge in [0.15, 0.2) is 0 Å². The van der Waals surface area contributed by atoms with Gasteiger partial charge >= 0.3 is 5.97 Å². The van der Waals surface area contributed by atoms with E-state index in [0.717, 1.165) is 11.1 Å². The number of carbonyl (C=O) groups is 3. The minimum Gasteiger partial charge on any atom is -0.493 e. The number of hydrogen-bond donors (Lipinski definition) is 3. The van der Waals surface area contributed by atoms with Crippen LogP contribution in [0, 0.1) is 23.2 Å². The highest BCUT2D eigenvalue weighted by Crippen LogP contribution is 2.65. The number of nitrogens with one attached hydrogen (secondary N) is 2. The molecule has 1 aliphatic carbocycles. The summed E-state index contributed by atoms with van der Waals surface area (Å²) in [7, 11) is 1.58. The number of methoxy groups -OCH3 is 1. The van der Waals surface area contributed by atoms with Gasteiger partial charge in [0.05, 0.1) is 30.8 Å². The molecule has 38 heavy (non-hydrogen) atoms. The van der Waals surface area contributed by atoms with Crippen molar-refractivity contribution in [2.45, 2.75) is 51.0 Å². The zero-order valence-corrected chi connectivity index (χ0v) is 21.9. The van der Waals surface area contributed by atoms with Gasteiger partial charge < -0.3 is 25.2 Å². The summed E-state index contributed by atoms with van der Waals surface area (Å²) in [6.45, 7) is 4.77. The standard InChI is InChI=1S/C29H33N3O6/c1-17(16-37-3)31-27(35)21-9-10-24-22(14-21)29(11-12-38-24)18(2)26(29)28(36)32-23-13-19(15-30)7-8-20(23)5-4-6-25(33)34/h7-10,13-14,17-18,26H,4-6,11-12,16H2,1-3H3,(H,31,35)(H,32,36)(H,33,34)/t17-,18-,26?,29-/m0/s1. The molecule has 2 aromatic carbocycles. The van der Waals surface area contributed by atoms with Crippen molar-refractivity contribution < 1.29 is 29.0 Å². The third-order valence-electron chi connectivity index (χ3n) is 7.69. The molecule has 4 atom stereocenters. The molecule has 0 saturated heterocycles. The highest BCUT2D eigenvalue weighted by atomic mass is 16.5. The maximum Gasteiger partial charge on any atom is 0.303 e. The number of rotatable bonds is 10. The summed E-state index contributed by atoms with van der Waals surface area (Å²) < 4.78 is 11.0. The van der Waals surface area contributed by atoms with Crippen molar-refractivity contribution >= 4 is 23.5 Å². The molecular formula is C29H33N3O6. The average molecular weight is 520 g/mol. The number of nitriles is 1. The zero-order chi connectivity index (χ0) is 27.4. The molecule has 0 bridgehead atoms. The number of amides is 2. The molecule has 1 heterocycles. The van der Waals surface area contributed by atoms with Crippen molar-refractivity contribution in [3.05, 3.63) is 58.7 Å². The van der Waals surface area contributed by atoms with Gasteiger partial charge in [0.2, 0.25) is 5.91 Å². The molecule has 1 fully saturated rings. The molecule has 1 spiro atoms. The van der Waals surface area contributed by atoms with Crippen LogP contribution in [-0.4, -0.2) is 49.3 Å². The third-order valence-corrected chi connectivity index (χ3v) is 7.69. The fraction of sp³-hybridized carbons (Fsp3) is 0.448. The Hall–Kier alpha value is -3.90. The minimum absolute atomic E-state index is 0.0190. The second kappa shape index (κ2) is 11.2. The first-order valence-electron chi connectivity index (χ1n) is 12.8. The molecule has 9 heteroatoms. The van der Waals surface area contributed by atoms with E-state index in [4.69, 9.17) is 14.6 Å². The summed E-state index contributed by atoms with van der Waals surface area (Å²) in [6.07, 6.45) is 1.56. The van der Waals surface area contributed by atoms with Crippen molar-refractivity contribution in [1.82, 2.24) is 5.32 Å². The predicted molar refractivity (Wildman–Crippen MR) is 140 cm³/mol. The van der Waals surface area contributed by atoms with Crippen LogP contribution in [0.25, 0.3) is 0 Å². The number of fused-ring (bicyclic) bond motifs is 2. The summed E-state index contributed by atoms with van der Waals surface area (Å²) in [6, 6.07) is 12.4. The second-order valence-corrected chi connectivity index (χ2v) is 10.2. The van der Waals surface area contributed by atoms with Crippen molar-refractivity contribution in [2.24, 2.45) is 11.8 Å². The fourth-order valence-corrected chi connectivity index (χ4v) is 5.73. The predicted octanol–water partition coefficient (Wildman–Crippen LogP) is 3.66. The van der Waals surface area contributed by atoms with E-state index in [2.05, 4.69) is 16.7 Å². The number of ether oxygens (including phenoxy) is 2. The Balaban J connectivity index is 1.57. The summed E-state index contributed by atoms with van der Waals surface area (Å²) >= 11 is 0. The van der Waals surface area contributed by atoms with E-state index >= 15 is 0 Å². The minimum atomic E-state index is -0.877. The van der Waals surface area contributed by atoms with Crippen molar-refractivity contribution in [3.63, 3.8) is 0 Å². The molecule has 2 aromatic rings. The van der Waals surface area contributed by atoms with Gasteiger partial charge in [-0.1, -0.05) is 13.0 Å². The van der Waals surface area contributed by atoms with Crippen LogP contribution in [0.15, 0.2) is 36.4 Å². The van der Waals surface area contributed by atoms with Crippen molar-refractivity contribution in [3.8, 4) is 11.8 Å². The smallest absolute Gasteiger partial charge is 0.303 e. The summed E-state index contributed by atoms with van der Waals surface area (Å²) in [4.78, 5) is 37.4. The molecular weight excluding hydrogens is 486 g/mol. The Labute approximate surface area is 222 Å². The molecule has 2 aliphatic rings. The number of hydrogen-bond acceptors (Lipinski definition) is 6. The largest absolute Gasteiger partial charge is 0.493 e. The quantitative estimate of drug-likeness (QED) is 0.436. The number of carbonyl (C=O) groups excluding carboxylic acids is 2. The third kappa shape index (κ3) is 5.36. The van der Waals surface area contributed by atoms with E-state index in [0.29, 0.717) is 55.0 Å². The maximum atomic E-state index is 13.6. The number of aryl methyl sites for hydroxylation is 1. The van der Waals surface area contributed by atoms with Crippen LogP contribution in [0.5, 0.6) is 5.75 Å². The van der Waals surface area contributed by atoms with E-state index in [1.54, 1.807) is 37.4 Å². The van der Waals surface area contributed by atoms with Crippen LogP contribution >= 0.6 is 0 Å². The molecule has 1 aliphatic heterocycles. The van der Waals surface area contributed by atoms with E-state index in [9.17, 15) is 19.6 Å². The summed E-state index contributed by atoms with van der Waals surface area (Å²) in [5, 5.41) is 24.3. The molecule has 4 rings (SSSR count). The van der Waals surface area contributed by atoms with Crippen molar-refractivity contribution in [2.75, 3.05) is 25.6 Å². The molecule has 1 saturated carbocycles. The fourth-order valence-electron chi connectivity index (χ4n) is 5.73. The number of nitrogens with zero attached hydrogens (tertiary/aromatic N) is 1. The molecule has 0 aromatic heterocycles. The van der Waals surface area contributed by atoms with Gasteiger partial charge in [-0.25, -0.2) is 0 Å².